The number of hydrazine groups is 1. The highest BCUT2D eigenvalue weighted by molar-refractivity contribution is 7.89. The Kier molecular flexibility index (Phi) is 6.42. The van der Waals surface area contributed by atoms with Crippen LogP contribution in [0, 0.1) is 0 Å². The van der Waals surface area contributed by atoms with Crippen LogP contribution in [0.4, 0.5) is 16.2 Å². The van der Waals surface area contributed by atoms with E-state index in [4.69, 9.17) is 4.74 Å². The standard InChI is InChI=1S/C23H28N4O5S/c1-4-32-23(29)25-15-16(2)27(17(3)28)21-11-8-19(14-22(21)25)18-6-9-20(10-7-18)33(30,31)26-13-5-12-24-26/h6-11,14,16,24H,4-5,12-13,15H2,1-3H3. The van der Waals surface area contributed by atoms with E-state index in [1.807, 2.05) is 25.1 Å². The number of ether oxygens (including phenoxy) is 1. The van der Waals surface area contributed by atoms with Gasteiger partial charge in [0.25, 0.3) is 10.0 Å². The average molecular weight is 473 g/mol. The smallest absolute Gasteiger partial charge is 0.414 e. The maximum Gasteiger partial charge on any atom is 0.414 e. The van der Waals surface area contributed by atoms with E-state index in [0.717, 1.165) is 17.5 Å². The fourth-order valence-corrected chi connectivity index (χ4v) is 5.68. The molecule has 0 saturated carbocycles. The van der Waals surface area contributed by atoms with Crippen LogP contribution in [0.25, 0.3) is 11.1 Å². The highest BCUT2D eigenvalue weighted by Gasteiger charge is 2.34. The average Bonchev–Trinajstić information content (AvgIpc) is 3.34. The van der Waals surface area contributed by atoms with Gasteiger partial charge in [0, 0.05) is 26.6 Å². The number of amides is 2. The SMILES string of the molecule is CCOC(=O)N1CC(C)N(C(C)=O)c2ccc(-c3ccc(S(=O)(=O)N4CCCN4)cc3)cc21. The molecule has 1 atom stereocenters. The number of nitrogens with zero attached hydrogens (tertiary/aromatic N) is 3. The lowest BCUT2D eigenvalue weighted by Gasteiger charge is -2.40. The summed E-state index contributed by atoms with van der Waals surface area (Å²) in [5, 5.41) is 0. The van der Waals surface area contributed by atoms with E-state index in [2.05, 4.69) is 5.43 Å². The van der Waals surface area contributed by atoms with Gasteiger partial charge in [-0.2, -0.15) is 0 Å². The zero-order valence-electron chi connectivity index (χ0n) is 18.9. The number of sulfonamides is 1. The van der Waals surface area contributed by atoms with Crippen LogP contribution < -0.4 is 15.2 Å². The van der Waals surface area contributed by atoms with E-state index in [1.165, 1.54) is 11.3 Å². The highest BCUT2D eigenvalue weighted by atomic mass is 32.2. The van der Waals surface area contributed by atoms with Gasteiger partial charge in [0.05, 0.1) is 28.9 Å². The number of nitrogens with one attached hydrogen (secondary N) is 1. The fourth-order valence-electron chi connectivity index (χ4n) is 4.32. The minimum absolute atomic E-state index is 0.106. The minimum Gasteiger partial charge on any atom is -0.449 e. The van der Waals surface area contributed by atoms with E-state index < -0.39 is 16.1 Å². The normalized spacial score (nSPS) is 18.8. The van der Waals surface area contributed by atoms with Crippen molar-refractivity contribution in [1.29, 1.82) is 0 Å². The van der Waals surface area contributed by atoms with Gasteiger partial charge >= 0.3 is 6.09 Å². The third-order valence-corrected chi connectivity index (χ3v) is 7.60. The quantitative estimate of drug-likeness (QED) is 0.735. The Morgan fingerprint density at radius 3 is 2.39 bits per heavy atom. The topological polar surface area (TPSA) is 99.3 Å². The molecule has 0 spiro atoms. The van der Waals surface area contributed by atoms with Crippen LogP contribution in [-0.4, -0.2) is 57.1 Å². The first-order valence-corrected chi connectivity index (χ1v) is 12.4. The summed E-state index contributed by atoms with van der Waals surface area (Å²) in [5.41, 5.74) is 5.69. The molecule has 1 unspecified atom stereocenters. The summed E-state index contributed by atoms with van der Waals surface area (Å²) in [4.78, 5) is 28.4. The molecule has 1 saturated heterocycles. The number of hydrogen-bond donors (Lipinski definition) is 1. The Bertz CT molecular complexity index is 1160. The maximum absolute atomic E-state index is 12.8. The number of rotatable bonds is 4. The van der Waals surface area contributed by atoms with Crippen LogP contribution >= 0.6 is 0 Å². The highest BCUT2D eigenvalue weighted by Crippen LogP contribution is 2.39. The van der Waals surface area contributed by atoms with Gasteiger partial charge in [-0.25, -0.2) is 18.6 Å². The van der Waals surface area contributed by atoms with Crippen LogP contribution in [0.3, 0.4) is 0 Å². The lowest BCUT2D eigenvalue weighted by molar-refractivity contribution is -0.117. The largest absolute Gasteiger partial charge is 0.449 e. The first-order valence-electron chi connectivity index (χ1n) is 11.0. The second-order valence-corrected chi connectivity index (χ2v) is 9.98. The molecule has 0 bridgehead atoms. The fraction of sp³-hybridized carbons (Fsp3) is 0.391. The Morgan fingerprint density at radius 1 is 1.09 bits per heavy atom. The third kappa shape index (κ3) is 4.33. The molecule has 176 valence electrons. The molecule has 1 fully saturated rings. The van der Waals surface area contributed by atoms with E-state index in [-0.39, 0.29) is 23.5 Å². The molecule has 2 aliphatic rings. The van der Waals surface area contributed by atoms with E-state index in [1.54, 1.807) is 41.0 Å². The van der Waals surface area contributed by atoms with Crippen molar-refractivity contribution in [2.75, 3.05) is 36.0 Å². The molecule has 0 aromatic heterocycles. The van der Waals surface area contributed by atoms with Crippen molar-refractivity contribution in [2.45, 2.75) is 38.1 Å². The van der Waals surface area contributed by atoms with Gasteiger partial charge in [0.1, 0.15) is 0 Å². The van der Waals surface area contributed by atoms with Gasteiger partial charge in [-0.15, -0.1) is 4.41 Å². The molecule has 2 aromatic rings. The Morgan fingerprint density at radius 2 is 1.79 bits per heavy atom. The van der Waals surface area contributed by atoms with E-state index >= 15 is 0 Å². The lowest BCUT2D eigenvalue weighted by atomic mass is 10.0. The molecule has 0 aliphatic carbocycles. The van der Waals surface area contributed by atoms with Gasteiger partial charge in [0.15, 0.2) is 0 Å². The summed E-state index contributed by atoms with van der Waals surface area (Å²) < 4.78 is 32.0. The number of carbonyl (C=O) groups excluding carboxylic acids is 2. The van der Waals surface area contributed by atoms with Crippen LogP contribution in [0.2, 0.25) is 0 Å². The number of fused-ring (bicyclic) bond motifs is 1. The molecule has 33 heavy (non-hydrogen) atoms. The summed E-state index contributed by atoms with van der Waals surface area (Å²) in [6.45, 7) is 6.79. The van der Waals surface area contributed by atoms with Crippen LogP contribution in [0.5, 0.6) is 0 Å². The molecule has 1 N–H and O–H groups in total. The van der Waals surface area contributed by atoms with Crippen molar-refractivity contribution < 1.29 is 22.7 Å². The molecule has 2 aliphatic heterocycles. The molecule has 10 heteroatoms. The molecular weight excluding hydrogens is 444 g/mol. The molecule has 0 radical (unpaired) electrons. The van der Waals surface area contributed by atoms with Crippen LogP contribution in [0.15, 0.2) is 47.4 Å². The zero-order chi connectivity index (χ0) is 23.8. The second kappa shape index (κ2) is 9.12. The van der Waals surface area contributed by atoms with Crippen molar-refractivity contribution in [3.05, 3.63) is 42.5 Å². The molecular formula is C23H28N4O5S. The lowest BCUT2D eigenvalue weighted by Crippen LogP contribution is -2.51. The molecule has 2 aromatic carbocycles. The summed E-state index contributed by atoms with van der Waals surface area (Å²) in [7, 11) is -3.59. The number of hydrogen-bond acceptors (Lipinski definition) is 6. The van der Waals surface area contributed by atoms with E-state index in [9.17, 15) is 18.0 Å². The molecule has 4 rings (SSSR count). The first-order chi connectivity index (χ1) is 15.7. The summed E-state index contributed by atoms with van der Waals surface area (Å²) in [5.74, 6) is -0.106. The number of anilines is 2. The Labute approximate surface area is 193 Å². The van der Waals surface area contributed by atoms with Gasteiger partial charge in [0.2, 0.25) is 5.91 Å². The van der Waals surface area contributed by atoms with E-state index in [0.29, 0.717) is 31.0 Å². The van der Waals surface area contributed by atoms with Crippen LogP contribution in [-0.2, 0) is 19.6 Å². The van der Waals surface area contributed by atoms with Crippen molar-refractivity contribution in [3.8, 4) is 11.1 Å². The van der Waals surface area contributed by atoms with Gasteiger partial charge < -0.3 is 9.64 Å². The molecule has 2 amide bonds. The zero-order valence-corrected chi connectivity index (χ0v) is 19.8. The third-order valence-electron chi connectivity index (χ3n) is 5.84. The summed E-state index contributed by atoms with van der Waals surface area (Å²) in [6, 6.07) is 12.0. The van der Waals surface area contributed by atoms with Gasteiger partial charge in [-0.05, 0) is 55.7 Å². The monoisotopic (exact) mass is 472 g/mol. The van der Waals surface area contributed by atoms with Crippen molar-refractivity contribution in [3.63, 3.8) is 0 Å². The van der Waals surface area contributed by atoms with Gasteiger partial charge in [-0.1, -0.05) is 18.2 Å². The van der Waals surface area contributed by atoms with Crippen molar-refractivity contribution in [1.82, 2.24) is 9.84 Å². The number of carbonyl (C=O) groups is 2. The second-order valence-electron chi connectivity index (χ2n) is 8.11. The first kappa shape index (κ1) is 23.2. The number of benzene rings is 2. The predicted molar refractivity (Wildman–Crippen MR) is 125 cm³/mol. The Hall–Kier alpha value is -2.95. The molecule has 9 nitrogen and oxygen atoms in total. The maximum atomic E-state index is 12.8. The van der Waals surface area contributed by atoms with Gasteiger partial charge in [-0.3, -0.25) is 9.69 Å². The van der Waals surface area contributed by atoms with Crippen molar-refractivity contribution in [2.24, 2.45) is 0 Å². The van der Waals surface area contributed by atoms with Crippen molar-refractivity contribution >= 4 is 33.4 Å². The summed E-state index contributed by atoms with van der Waals surface area (Å²) in [6.07, 6.45) is 0.310. The summed E-state index contributed by atoms with van der Waals surface area (Å²) >= 11 is 0. The predicted octanol–water partition coefficient (Wildman–Crippen LogP) is 2.97. The molecule has 2 heterocycles. The van der Waals surface area contributed by atoms with Crippen LogP contribution in [0.1, 0.15) is 27.2 Å². The Balaban J connectivity index is 1.70. The minimum atomic E-state index is -3.59.